The van der Waals surface area contributed by atoms with E-state index in [-0.39, 0.29) is 11.4 Å². The van der Waals surface area contributed by atoms with Crippen LogP contribution in [0.15, 0.2) is 90.5 Å². The fraction of sp³-hybridized carbons (Fsp3) is 0.0833. The molecule has 0 fully saturated rings. The lowest BCUT2D eigenvalue weighted by molar-refractivity contribution is -0.133. The summed E-state index contributed by atoms with van der Waals surface area (Å²) in [5, 5.41) is 0. The van der Waals surface area contributed by atoms with Crippen LogP contribution in [0.1, 0.15) is 22.8 Å². The van der Waals surface area contributed by atoms with Crippen LogP contribution in [0.3, 0.4) is 0 Å². The first-order valence-electron chi connectivity index (χ1n) is 8.66. The Bertz CT molecular complexity index is 969. The number of methoxy groups -OCH3 is 1. The Morgan fingerprint density at radius 2 is 1.19 bits per heavy atom. The molecule has 0 saturated carbocycles. The van der Waals surface area contributed by atoms with Gasteiger partial charge < -0.3 is 4.74 Å². The average molecular weight is 356 g/mol. The molecule has 0 saturated heterocycles. The Morgan fingerprint density at radius 3 is 1.74 bits per heavy atom. The van der Waals surface area contributed by atoms with Gasteiger partial charge in [0.05, 0.1) is 12.7 Å². The minimum Gasteiger partial charge on any atom is -0.465 e. The number of Topliss-reactive ketones (excluding diaryl/α,β-unsaturated/α-hetero) is 1. The van der Waals surface area contributed by atoms with E-state index in [2.05, 4.69) is 0 Å². The summed E-state index contributed by atoms with van der Waals surface area (Å²) in [4.78, 5) is 25.2. The molecule has 0 N–H and O–H groups in total. The lowest BCUT2D eigenvalue weighted by Crippen LogP contribution is -2.11. The molecule has 0 atom stereocenters. The number of rotatable bonds is 5. The lowest BCUT2D eigenvalue weighted by Gasteiger charge is -2.11. The van der Waals surface area contributed by atoms with Gasteiger partial charge in [-0.25, -0.2) is 4.79 Å². The molecule has 3 nitrogen and oxygen atoms in total. The van der Waals surface area contributed by atoms with Gasteiger partial charge in [0, 0.05) is 11.1 Å². The zero-order chi connectivity index (χ0) is 19.2. The maximum Gasteiger partial charge on any atom is 0.338 e. The number of benzene rings is 3. The molecule has 0 unspecified atom stereocenters. The predicted octanol–water partition coefficient (Wildman–Crippen LogP) is 5.18. The molecule has 0 radical (unpaired) electrons. The van der Waals surface area contributed by atoms with E-state index in [1.54, 1.807) is 31.2 Å². The summed E-state index contributed by atoms with van der Waals surface area (Å²) in [6.07, 6.45) is 0. The highest BCUT2D eigenvalue weighted by molar-refractivity contribution is 6.26. The molecule has 0 spiro atoms. The van der Waals surface area contributed by atoms with E-state index in [9.17, 15) is 9.59 Å². The fourth-order valence-corrected chi connectivity index (χ4v) is 2.97. The molecule has 134 valence electrons. The van der Waals surface area contributed by atoms with Crippen LogP contribution in [0.5, 0.6) is 0 Å². The number of allylic oxidation sites excluding steroid dienone is 1. The van der Waals surface area contributed by atoms with Crippen molar-refractivity contribution in [1.82, 2.24) is 0 Å². The van der Waals surface area contributed by atoms with Crippen LogP contribution in [0, 0.1) is 0 Å². The zero-order valence-corrected chi connectivity index (χ0v) is 15.3. The van der Waals surface area contributed by atoms with E-state index in [4.69, 9.17) is 4.74 Å². The van der Waals surface area contributed by atoms with E-state index in [0.29, 0.717) is 16.7 Å². The molecule has 0 amide bonds. The van der Waals surface area contributed by atoms with Crippen molar-refractivity contribution in [1.29, 1.82) is 0 Å². The first-order chi connectivity index (χ1) is 13.1. The Hall–Kier alpha value is -3.46. The Balaban J connectivity index is 2.03. The number of hydrogen-bond donors (Lipinski definition) is 0. The maximum atomic E-state index is 12.8. The summed E-state index contributed by atoms with van der Waals surface area (Å²) < 4.78 is 4.94. The van der Waals surface area contributed by atoms with Crippen LogP contribution in [0.25, 0.3) is 16.7 Å². The highest BCUT2D eigenvalue weighted by Crippen LogP contribution is 2.26. The topological polar surface area (TPSA) is 43.4 Å². The number of esters is 1. The van der Waals surface area contributed by atoms with E-state index in [1.807, 2.05) is 60.7 Å². The van der Waals surface area contributed by atoms with Gasteiger partial charge in [0.25, 0.3) is 0 Å². The van der Waals surface area contributed by atoms with E-state index in [0.717, 1.165) is 11.1 Å². The first kappa shape index (κ1) is 18.3. The minimum absolute atomic E-state index is 0.192. The van der Waals surface area contributed by atoms with Gasteiger partial charge in [-0.15, -0.1) is 0 Å². The monoisotopic (exact) mass is 356 g/mol. The van der Waals surface area contributed by atoms with Crippen LogP contribution >= 0.6 is 0 Å². The van der Waals surface area contributed by atoms with Gasteiger partial charge in [-0.2, -0.15) is 0 Å². The Kier molecular flexibility index (Phi) is 5.62. The molecule has 3 aromatic carbocycles. The zero-order valence-electron chi connectivity index (χ0n) is 15.3. The lowest BCUT2D eigenvalue weighted by atomic mass is 9.93. The first-order valence-corrected chi connectivity index (χ1v) is 8.66. The van der Waals surface area contributed by atoms with Crippen LogP contribution in [0.4, 0.5) is 0 Å². The number of carbonyl (C=O) groups is 2. The van der Waals surface area contributed by atoms with Gasteiger partial charge in [0.2, 0.25) is 0 Å². The summed E-state index contributed by atoms with van der Waals surface area (Å²) in [7, 11) is 1.32. The standard InChI is InChI=1S/C24H20O3/c1-17(23(25)21-11-7-4-8-12-21)22(24(26)27-2)20-15-13-19(14-16-20)18-9-5-3-6-10-18/h3-16H,1-2H3/b22-17-. The van der Waals surface area contributed by atoms with Crippen molar-refractivity contribution in [2.45, 2.75) is 6.92 Å². The van der Waals surface area contributed by atoms with Crippen molar-refractivity contribution in [3.8, 4) is 11.1 Å². The summed E-state index contributed by atoms with van der Waals surface area (Å²) >= 11 is 0. The van der Waals surface area contributed by atoms with Crippen molar-refractivity contribution in [3.63, 3.8) is 0 Å². The van der Waals surface area contributed by atoms with Crippen molar-refractivity contribution >= 4 is 17.3 Å². The number of carbonyl (C=O) groups excluding carboxylic acids is 2. The number of ether oxygens (including phenoxy) is 1. The van der Waals surface area contributed by atoms with Gasteiger partial charge in [0.15, 0.2) is 5.78 Å². The van der Waals surface area contributed by atoms with Crippen LogP contribution in [-0.4, -0.2) is 18.9 Å². The van der Waals surface area contributed by atoms with Gasteiger partial charge in [0.1, 0.15) is 0 Å². The molecule has 0 aliphatic heterocycles. The molecule has 0 aliphatic rings. The van der Waals surface area contributed by atoms with Crippen LogP contribution in [0.2, 0.25) is 0 Å². The van der Waals surface area contributed by atoms with Gasteiger partial charge in [-0.05, 0) is 23.6 Å². The summed E-state index contributed by atoms with van der Waals surface area (Å²) in [5.41, 5.74) is 3.97. The largest absolute Gasteiger partial charge is 0.465 e. The van der Waals surface area contributed by atoms with Gasteiger partial charge in [-0.1, -0.05) is 84.9 Å². The molecule has 0 heterocycles. The summed E-state index contributed by atoms with van der Waals surface area (Å²) in [5.74, 6) is -0.715. The summed E-state index contributed by atoms with van der Waals surface area (Å²) in [6, 6.07) is 26.4. The smallest absolute Gasteiger partial charge is 0.338 e. The second-order valence-corrected chi connectivity index (χ2v) is 6.13. The van der Waals surface area contributed by atoms with E-state index < -0.39 is 5.97 Å². The average Bonchev–Trinajstić information content (AvgIpc) is 2.75. The van der Waals surface area contributed by atoms with E-state index in [1.165, 1.54) is 7.11 Å². The van der Waals surface area contributed by atoms with Crippen LogP contribution in [-0.2, 0) is 9.53 Å². The molecule has 3 rings (SSSR count). The van der Waals surface area contributed by atoms with Crippen molar-refractivity contribution in [2.75, 3.05) is 7.11 Å². The molecule has 3 aromatic rings. The maximum absolute atomic E-state index is 12.8. The predicted molar refractivity (Wildman–Crippen MR) is 107 cm³/mol. The molecule has 0 aliphatic carbocycles. The third-order valence-electron chi connectivity index (χ3n) is 4.42. The fourth-order valence-electron chi connectivity index (χ4n) is 2.97. The second kappa shape index (κ2) is 8.28. The minimum atomic E-state index is -0.524. The molecule has 27 heavy (non-hydrogen) atoms. The van der Waals surface area contributed by atoms with Crippen molar-refractivity contribution in [3.05, 3.63) is 102 Å². The molecule has 0 aromatic heterocycles. The summed E-state index contributed by atoms with van der Waals surface area (Å²) in [6.45, 7) is 1.66. The normalized spacial score (nSPS) is 11.5. The highest BCUT2D eigenvalue weighted by atomic mass is 16.5. The number of ketones is 1. The van der Waals surface area contributed by atoms with Crippen molar-refractivity contribution in [2.24, 2.45) is 0 Å². The third-order valence-corrected chi connectivity index (χ3v) is 4.42. The second-order valence-electron chi connectivity index (χ2n) is 6.13. The van der Waals surface area contributed by atoms with E-state index >= 15 is 0 Å². The van der Waals surface area contributed by atoms with Crippen LogP contribution < -0.4 is 0 Å². The molecule has 0 bridgehead atoms. The highest BCUT2D eigenvalue weighted by Gasteiger charge is 2.21. The Labute approximate surface area is 158 Å². The van der Waals surface area contributed by atoms with Crippen molar-refractivity contribution < 1.29 is 14.3 Å². The molecular weight excluding hydrogens is 336 g/mol. The quantitative estimate of drug-likeness (QED) is 0.359. The molecular formula is C24H20O3. The van der Waals surface area contributed by atoms with Gasteiger partial charge in [-0.3, -0.25) is 4.79 Å². The Morgan fingerprint density at radius 1 is 0.667 bits per heavy atom. The third kappa shape index (κ3) is 4.04. The number of hydrogen-bond acceptors (Lipinski definition) is 3. The molecule has 3 heteroatoms. The SMILES string of the molecule is COC(=O)/C(=C(/C)C(=O)c1ccccc1)c1ccc(-c2ccccc2)cc1. The van der Waals surface area contributed by atoms with Gasteiger partial charge >= 0.3 is 5.97 Å².